The predicted molar refractivity (Wildman–Crippen MR) is 118 cm³/mol. The zero-order valence-corrected chi connectivity index (χ0v) is 18.5. The number of aromatic nitrogens is 1. The molecule has 2 fully saturated rings. The number of piperidine rings is 1. The van der Waals surface area contributed by atoms with Crippen molar-refractivity contribution in [2.45, 2.75) is 56.7 Å². The fourth-order valence-corrected chi connectivity index (χ4v) is 5.40. The molecule has 2 aromatic rings. The van der Waals surface area contributed by atoms with E-state index in [1.807, 2.05) is 30.6 Å². The Morgan fingerprint density at radius 2 is 1.81 bits per heavy atom. The molecule has 2 heterocycles. The monoisotopic (exact) mass is 422 g/mol. The first kappa shape index (κ1) is 22.0. The van der Waals surface area contributed by atoms with Crippen molar-refractivity contribution >= 4 is 5.97 Å². The second-order valence-electron chi connectivity index (χ2n) is 9.61. The maximum absolute atomic E-state index is 14.1. The van der Waals surface area contributed by atoms with Crippen LogP contribution in [0.4, 0.5) is 0 Å². The van der Waals surface area contributed by atoms with E-state index in [0.717, 1.165) is 69.1 Å². The van der Waals surface area contributed by atoms with E-state index in [2.05, 4.69) is 24.2 Å². The average molecular weight is 423 g/mol. The van der Waals surface area contributed by atoms with Gasteiger partial charge in [0, 0.05) is 30.8 Å². The lowest BCUT2D eigenvalue weighted by Gasteiger charge is -2.46. The number of likely N-dealkylation sites (tertiary alicyclic amines) is 1. The van der Waals surface area contributed by atoms with Gasteiger partial charge < -0.3 is 14.3 Å². The summed E-state index contributed by atoms with van der Waals surface area (Å²) in [5.41, 5.74) is 0.0327. The standard InChI is InChI=1S/C26H34N2O3/c1-28(19-15-21-13-16-27-17-14-21)18-7-12-24(20-28)31-25(29)26(30,23-10-5-6-11-23)22-8-3-2-4-9-22/h2-4,8-9,13-14,16-17,23-24H,5-7,10-12,15,18-20H2,1H3/t24?,26?,28-/m1/s1. The summed E-state index contributed by atoms with van der Waals surface area (Å²) in [5, 5.41) is 14.1. The number of quaternary nitrogens is 1. The zero-order valence-electron chi connectivity index (χ0n) is 18.5. The molecule has 0 amide bonds. The molecule has 0 N–H and O–H groups in total. The molecule has 1 aromatic heterocycles. The molecule has 5 heteroatoms. The van der Waals surface area contributed by atoms with Crippen LogP contribution in [0, 0.1) is 5.92 Å². The summed E-state index contributed by atoms with van der Waals surface area (Å²) >= 11 is 0. The van der Waals surface area contributed by atoms with Crippen molar-refractivity contribution in [2.75, 3.05) is 26.7 Å². The first-order valence-corrected chi connectivity index (χ1v) is 11.7. The Kier molecular flexibility index (Phi) is 6.73. The van der Waals surface area contributed by atoms with Gasteiger partial charge in [-0.1, -0.05) is 56.0 Å². The quantitative estimate of drug-likeness (QED) is 0.508. The minimum atomic E-state index is -1.80. The number of carbonyl (C=O) groups is 1. The van der Waals surface area contributed by atoms with Gasteiger partial charge in [-0.3, -0.25) is 9.78 Å². The molecule has 1 saturated carbocycles. The van der Waals surface area contributed by atoms with Gasteiger partial charge in [0.25, 0.3) is 0 Å². The molecule has 31 heavy (non-hydrogen) atoms. The maximum atomic E-state index is 14.1. The van der Waals surface area contributed by atoms with Crippen LogP contribution in [0.3, 0.4) is 0 Å². The normalized spacial score (nSPS) is 26.3. The lowest BCUT2D eigenvalue weighted by molar-refractivity contribution is -0.916. The second-order valence-corrected chi connectivity index (χ2v) is 9.61. The Hall–Kier alpha value is -2.24. The highest BCUT2D eigenvalue weighted by molar-refractivity contribution is 5.81. The highest BCUT2D eigenvalue weighted by atomic mass is 16.6. The van der Waals surface area contributed by atoms with Crippen molar-refractivity contribution in [3.63, 3.8) is 0 Å². The Labute approximate surface area is 185 Å². The topological polar surface area (TPSA) is 62.2 Å². The summed E-state index contributed by atoms with van der Waals surface area (Å²) in [6, 6.07) is 13.3. The van der Waals surface area contributed by atoms with E-state index in [0.29, 0.717) is 5.56 Å². The number of hydrogen-bond acceptors (Lipinski definition) is 4. The Bertz CT molecular complexity index is 853. The number of hydrogen-bond donors (Lipinski definition) is 0. The first-order valence-electron chi connectivity index (χ1n) is 11.7. The average Bonchev–Trinajstić information content (AvgIpc) is 3.34. The summed E-state index contributed by atoms with van der Waals surface area (Å²) in [4.78, 5) is 17.5. The molecule has 2 aliphatic rings. The summed E-state index contributed by atoms with van der Waals surface area (Å²) in [6.07, 6.45) is 9.92. The van der Waals surface area contributed by atoms with Crippen molar-refractivity contribution in [2.24, 2.45) is 5.92 Å². The second kappa shape index (κ2) is 9.49. The van der Waals surface area contributed by atoms with Crippen LogP contribution in [0.5, 0.6) is 0 Å². The van der Waals surface area contributed by atoms with Gasteiger partial charge >= 0.3 is 5.97 Å². The third-order valence-electron chi connectivity index (χ3n) is 7.27. The molecule has 1 aromatic carbocycles. The van der Waals surface area contributed by atoms with Gasteiger partial charge in [0.05, 0.1) is 20.1 Å². The van der Waals surface area contributed by atoms with Crippen molar-refractivity contribution in [1.29, 1.82) is 0 Å². The number of carbonyl (C=O) groups excluding carboxylic acids is 1. The number of esters is 1. The van der Waals surface area contributed by atoms with E-state index in [4.69, 9.17) is 4.74 Å². The number of likely N-dealkylation sites (N-methyl/N-ethyl adjacent to an activating group) is 1. The van der Waals surface area contributed by atoms with Crippen LogP contribution in [0.15, 0.2) is 54.9 Å². The molecule has 1 saturated heterocycles. The fourth-order valence-electron chi connectivity index (χ4n) is 5.40. The largest absolute Gasteiger partial charge is 0.837 e. The molecular formula is C26H34N2O3. The van der Waals surface area contributed by atoms with Crippen molar-refractivity contribution in [1.82, 2.24) is 4.98 Å². The van der Waals surface area contributed by atoms with E-state index < -0.39 is 11.6 Å². The molecule has 1 aliphatic heterocycles. The molecule has 4 rings (SSSR count). The molecule has 3 atom stereocenters. The summed E-state index contributed by atoms with van der Waals surface area (Å²) < 4.78 is 6.86. The molecule has 0 spiro atoms. The number of ether oxygens (including phenoxy) is 1. The minimum absolute atomic E-state index is 0.182. The van der Waals surface area contributed by atoms with Crippen molar-refractivity contribution in [3.8, 4) is 0 Å². The Morgan fingerprint density at radius 1 is 1.10 bits per heavy atom. The molecule has 0 bridgehead atoms. The highest BCUT2D eigenvalue weighted by Gasteiger charge is 2.42. The van der Waals surface area contributed by atoms with Crippen molar-refractivity contribution in [3.05, 3.63) is 66.0 Å². The van der Waals surface area contributed by atoms with Crippen LogP contribution in [-0.2, 0) is 21.6 Å². The lowest BCUT2D eigenvalue weighted by Crippen LogP contribution is -2.58. The molecule has 0 radical (unpaired) electrons. The van der Waals surface area contributed by atoms with E-state index >= 15 is 0 Å². The summed E-state index contributed by atoms with van der Waals surface area (Å²) in [5.74, 6) is -0.753. The van der Waals surface area contributed by atoms with E-state index in [-0.39, 0.29) is 12.0 Å². The van der Waals surface area contributed by atoms with Crippen molar-refractivity contribution < 1.29 is 19.1 Å². The number of nitrogens with zero attached hydrogens (tertiary/aromatic N) is 2. The number of rotatable bonds is 7. The van der Waals surface area contributed by atoms with Gasteiger partial charge in [0.15, 0.2) is 6.10 Å². The van der Waals surface area contributed by atoms with Gasteiger partial charge in [-0.25, -0.2) is 0 Å². The fraction of sp³-hybridized carbons (Fsp3) is 0.538. The molecule has 166 valence electrons. The van der Waals surface area contributed by atoms with Crippen LogP contribution >= 0.6 is 0 Å². The van der Waals surface area contributed by atoms with E-state index in [9.17, 15) is 9.90 Å². The van der Waals surface area contributed by atoms with E-state index in [1.54, 1.807) is 12.1 Å². The van der Waals surface area contributed by atoms with Crippen LogP contribution < -0.4 is 5.11 Å². The molecule has 5 nitrogen and oxygen atoms in total. The van der Waals surface area contributed by atoms with Crippen LogP contribution in [-0.4, -0.2) is 48.2 Å². The van der Waals surface area contributed by atoms with Crippen LogP contribution in [0.25, 0.3) is 0 Å². The van der Waals surface area contributed by atoms with Gasteiger partial charge in [-0.05, 0) is 35.6 Å². The molecule has 1 aliphatic carbocycles. The van der Waals surface area contributed by atoms with Gasteiger partial charge in [-0.2, -0.15) is 0 Å². The summed E-state index contributed by atoms with van der Waals surface area (Å²) in [6.45, 7) is 2.83. The van der Waals surface area contributed by atoms with Gasteiger partial charge in [-0.15, -0.1) is 0 Å². The maximum Gasteiger partial charge on any atom is 0.300 e. The van der Waals surface area contributed by atoms with Crippen LogP contribution in [0.1, 0.15) is 49.7 Å². The summed E-state index contributed by atoms with van der Waals surface area (Å²) in [7, 11) is 2.24. The minimum Gasteiger partial charge on any atom is -0.837 e. The number of pyridine rings is 1. The van der Waals surface area contributed by atoms with E-state index in [1.165, 1.54) is 5.56 Å². The first-order chi connectivity index (χ1) is 15.0. The number of benzene rings is 1. The van der Waals surface area contributed by atoms with Gasteiger partial charge in [0.1, 0.15) is 6.54 Å². The van der Waals surface area contributed by atoms with Crippen LogP contribution in [0.2, 0.25) is 0 Å². The third-order valence-corrected chi connectivity index (χ3v) is 7.27. The Balaban J connectivity index is 1.44. The molecule has 2 unspecified atom stereocenters. The SMILES string of the molecule is C[N@+]1(CCc2ccncc2)CCCC(OC(=O)C([O-])(c2ccccc2)C2CCCC2)C1. The van der Waals surface area contributed by atoms with Gasteiger partial charge in [0.2, 0.25) is 0 Å². The predicted octanol–water partition coefficient (Wildman–Crippen LogP) is 3.22. The third kappa shape index (κ3) is 4.99. The Morgan fingerprint density at radius 3 is 2.52 bits per heavy atom. The lowest BCUT2D eigenvalue weighted by atomic mass is 9.80. The molecular weight excluding hydrogens is 388 g/mol. The highest BCUT2D eigenvalue weighted by Crippen LogP contribution is 2.40. The smallest absolute Gasteiger partial charge is 0.300 e. The zero-order chi connectivity index (χ0) is 21.7.